The van der Waals surface area contributed by atoms with Gasteiger partial charge in [0.25, 0.3) is 0 Å². The zero-order valence-electron chi connectivity index (χ0n) is 63.1. The second kappa shape index (κ2) is 73.3. The lowest BCUT2D eigenvalue weighted by atomic mass is 10.0. The van der Waals surface area contributed by atoms with E-state index in [9.17, 15) is 43.2 Å². The summed E-state index contributed by atoms with van der Waals surface area (Å²) in [6.45, 7) is 4.61. The Morgan fingerprint density at radius 3 is 0.840 bits per heavy atom. The smallest absolute Gasteiger partial charge is 0.462 e. The van der Waals surface area contributed by atoms with Gasteiger partial charge in [0.05, 0.1) is 26.4 Å². The van der Waals surface area contributed by atoms with Crippen LogP contribution in [0.2, 0.25) is 0 Å². The van der Waals surface area contributed by atoms with Gasteiger partial charge in [-0.05, 0) is 116 Å². The van der Waals surface area contributed by atoms with Crippen LogP contribution in [-0.4, -0.2) is 96.7 Å². The molecular weight excluding hydrogens is 1310 g/mol. The highest BCUT2D eigenvalue weighted by molar-refractivity contribution is 7.47. The molecule has 0 heterocycles. The monoisotopic (exact) mass is 1450 g/mol. The van der Waals surface area contributed by atoms with Crippen LogP contribution in [0, 0.1) is 0 Å². The molecule has 0 amide bonds. The minimum Gasteiger partial charge on any atom is -0.462 e. The molecule has 0 aromatic rings. The molecule has 0 aliphatic carbocycles. The van der Waals surface area contributed by atoms with Crippen LogP contribution in [0.3, 0.4) is 0 Å². The SMILES string of the molecule is CC/C=C\C/C=C\C/C=C\C/C=C\CCCCCCCCC(=O)OCC(COP(=O)(O)OCC(O)COP(=O)(O)OCC(COC(=O)CCCCCCCCCCCCCCC)OC(=O)CCCCCCC/C=C\CCCC)OC(=O)CCCCCCCCC/C=C\C/C=C\C/C=C\CC. The van der Waals surface area contributed by atoms with Crippen LogP contribution in [0.25, 0.3) is 0 Å². The average molecular weight is 1450 g/mol. The van der Waals surface area contributed by atoms with E-state index in [0.29, 0.717) is 25.7 Å². The molecular formula is C81H142O17P2. The molecule has 0 rings (SSSR count). The Morgan fingerprint density at radius 1 is 0.290 bits per heavy atom. The van der Waals surface area contributed by atoms with Crippen LogP contribution in [0.4, 0.5) is 0 Å². The first kappa shape index (κ1) is 96.0. The normalized spacial score (nSPS) is 14.4. The van der Waals surface area contributed by atoms with Gasteiger partial charge >= 0.3 is 39.5 Å². The third-order valence-electron chi connectivity index (χ3n) is 16.5. The zero-order chi connectivity index (χ0) is 73.2. The van der Waals surface area contributed by atoms with E-state index in [1.54, 1.807) is 0 Å². The van der Waals surface area contributed by atoms with Gasteiger partial charge in [-0.2, -0.15) is 0 Å². The van der Waals surface area contributed by atoms with Gasteiger partial charge in [-0.3, -0.25) is 37.3 Å². The molecule has 0 fully saturated rings. The van der Waals surface area contributed by atoms with Crippen LogP contribution >= 0.6 is 15.6 Å². The molecule has 0 bridgehead atoms. The van der Waals surface area contributed by atoms with Crippen molar-refractivity contribution in [3.63, 3.8) is 0 Å². The molecule has 5 unspecified atom stereocenters. The molecule has 0 saturated carbocycles. The molecule has 0 radical (unpaired) electrons. The highest BCUT2D eigenvalue weighted by Crippen LogP contribution is 2.45. The third-order valence-corrected chi connectivity index (χ3v) is 18.4. The summed E-state index contributed by atoms with van der Waals surface area (Å²) in [5, 5.41) is 10.6. The van der Waals surface area contributed by atoms with E-state index in [-0.39, 0.29) is 25.7 Å². The molecule has 0 aliphatic heterocycles. The van der Waals surface area contributed by atoms with Crippen molar-refractivity contribution in [2.24, 2.45) is 0 Å². The molecule has 5 atom stereocenters. The first-order valence-corrected chi connectivity index (χ1v) is 42.5. The summed E-state index contributed by atoms with van der Waals surface area (Å²) in [5.41, 5.74) is 0. The Balaban J connectivity index is 5.33. The molecule has 0 aromatic heterocycles. The Bertz CT molecular complexity index is 2270. The topological polar surface area (TPSA) is 237 Å². The predicted molar refractivity (Wildman–Crippen MR) is 409 cm³/mol. The standard InChI is InChI=1S/C81H142O17P2/c1-5-9-13-17-21-25-29-32-34-36-37-39-40-43-47-50-54-58-62-66-79(84)92-72-77(98-81(86)68-64-60-56-52-48-44-41-38-35-33-30-26-22-18-14-10-6-2)74-96-100(89,90)94-70-75(82)69-93-99(87,88)95-73-76(97-80(85)67-63-59-55-51-45-28-24-20-16-12-8-4)71-91-78(83)65-61-57-53-49-46-42-31-27-23-19-15-11-7-3/h9-10,13-14,20-22,24-26,32-35,37,39,75-77,82H,5-8,11-12,15-19,23,27-31,36,38,40-74H2,1-4H3,(H,87,88)(H,89,90)/b13-9-,14-10-,24-20-,25-21-,26-22-,34-32-,35-33-,39-37-. The van der Waals surface area contributed by atoms with Crippen molar-refractivity contribution in [2.75, 3.05) is 39.6 Å². The van der Waals surface area contributed by atoms with Gasteiger partial charge in [-0.15, -0.1) is 0 Å². The largest absolute Gasteiger partial charge is 0.472 e. The number of aliphatic hydroxyl groups is 1. The fourth-order valence-corrected chi connectivity index (χ4v) is 12.1. The van der Waals surface area contributed by atoms with Gasteiger partial charge in [0.2, 0.25) is 0 Å². The number of esters is 4. The van der Waals surface area contributed by atoms with Gasteiger partial charge in [0, 0.05) is 25.7 Å². The molecule has 578 valence electrons. The van der Waals surface area contributed by atoms with E-state index >= 15 is 0 Å². The number of unbranched alkanes of at least 4 members (excludes halogenated alkanes) is 32. The van der Waals surface area contributed by atoms with Gasteiger partial charge in [0.1, 0.15) is 19.3 Å². The first-order valence-electron chi connectivity index (χ1n) is 39.5. The first-order chi connectivity index (χ1) is 48.7. The summed E-state index contributed by atoms with van der Waals surface area (Å²) < 4.78 is 68.5. The van der Waals surface area contributed by atoms with Crippen molar-refractivity contribution in [1.29, 1.82) is 0 Å². The summed E-state index contributed by atoms with van der Waals surface area (Å²) in [7, 11) is -9.95. The van der Waals surface area contributed by atoms with Crippen LogP contribution < -0.4 is 0 Å². The summed E-state index contributed by atoms with van der Waals surface area (Å²) in [6.07, 6.45) is 76.7. The number of ether oxygens (including phenoxy) is 4. The molecule has 0 spiro atoms. The van der Waals surface area contributed by atoms with Crippen LogP contribution in [-0.2, 0) is 65.4 Å². The fraction of sp³-hybridized carbons (Fsp3) is 0.753. The maximum absolute atomic E-state index is 13.1. The highest BCUT2D eigenvalue weighted by atomic mass is 31.2. The maximum Gasteiger partial charge on any atom is 0.472 e. The van der Waals surface area contributed by atoms with E-state index in [0.717, 1.165) is 186 Å². The molecule has 0 saturated heterocycles. The number of hydrogen-bond donors (Lipinski definition) is 3. The van der Waals surface area contributed by atoms with Crippen molar-refractivity contribution < 1.29 is 80.2 Å². The van der Waals surface area contributed by atoms with Crippen LogP contribution in [0.15, 0.2) is 97.2 Å². The minimum absolute atomic E-state index is 0.0801. The van der Waals surface area contributed by atoms with Gasteiger partial charge < -0.3 is 33.8 Å². The second-order valence-corrected chi connectivity index (χ2v) is 29.2. The van der Waals surface area contributed by atoms with E-state index in [1.165, 1.54) is 70.6 Å². The fourth-order valence-electron chi connectivity index (χ4n) is 10.6. The van der Waals surface area contributed by atoms with Crippen LogP contribution in [0.5, 0.6) is 0 Å². The number of phosphoric ester groups is 2. The van der Waals surface area contributed by atoms with Crippen LogP contribution in [0.1, 0.15) is 336 Å². The van der Waals surface area contributed by atoms with E-state index in [1.807, 2.05) is 0 Å². The van der Waals surface area contributed by atoms with Crippen molar-refractivity contribution in [3.05, 3.63) is 97.2 Å². The lowest BCUT2D eigenvalue weighted by molar-refractivity contribution is -0.161. The number of carbonyl (C=O) groups excluding carboxylic acids is 4. The summed E-state index contributed by atoms with van der Waals surface area (Å²) >= 11 is 0. The Hall–Kier alpha value is -4.02. The molecule has 0 aromatic carbocycles. The van der Waals surface area contributed by atoms with E-state index in [2.05, 4.69) is 125 Å². The van der Waals surface area contributed by atoms with Crippen molar-refractivity contribution in [1.82, 2.24) is 0 Å². The number of carbonyl (C=O) groups is 4. The summed E-state index contributed by atoms with van der Waals surface area (Å²) in [4.78, 5) is 72.9. The Kier molecular flexibility index (Phi) is 70.4. The van der Waals surface area contributed by atoms with Gasteiger partial charge in [-0.1, -0.05) is 292 Å². The number of aliphatic hydroxyl groups excluding tert-OH is 1. The quantitative estimate of drug-likeness (QED) is 0.0169. The number of phosphoric acid groups is 2. The number of allylic oxidation sites excluding steroid dienone is 16. The summed E-state index contributed by atoms with van der Waals surface area (Å²) in [5.74, 6) is -2.19. The molecule has 19 heteroatoms. The van der Waals surface area contributed by atoms with Crippen molar-refractivity contribution in [3.8, 4) is 0 Å². The zero-order valence-corrected chi connectivity index (χ0v) is 64.9. The number of rotatable bonds is 74. The van der Waals surface area contributed by atoms with E-state index in [4.69, 9.17) is 37.0 Å². The van der Waals surface area contributed by atoms with E-state index < -0.39 is 97.5 Å². The maximum atomic E-state index is 13.1. The third kappa shape index (κ3) is 72.3. The molecule has 0 aliphatic rings. The van der Waals surface area contributed by atoms with Gasteiger partial charge in [0.15, 0.2) is 12.2 Å². The molecule has 17 nitrogen and oxygen atoms in total. The number of hydrogen-bond acceptors (Lipinski definition) is 15. The predicted octanol–water partition coefficient (Wildman–Crippen LogP) is 22.8. The highest BCUT2D eigenvalue weighted by Gasteiger charge is 2.30. The second-order valence-electron chi connectivity index (χ2n) is 26.2. The van der Waals surface area contributed by atoms with Crippen molar-refractivity contribution >= 4 is 39.5 Å². The lowest BCUT2D eigenvalue weighted by Crippen LogP contribution is -2.30. The lowest BCUT2D eigenvalue weighted by Gasteiger charge is -2.21. The Labute approximate surface area is 607 Å². The molecule has 3 N–H and O–H groups in total. The van der Waals surface area contributed by atoms with Gasteiger partial charge in [-0.25, -0.2) is 9.13 Å². The summed E-state index contributed by atoms with van der Waals surface area (Å²) in [6, 6.07) is 0. The average Bonchev–Trinajstić information content (AvgIpc) is 0.930. The Morgan fingerprint density at radius 2 is 0.530 bits per heavy atom. The van der Waals surface area contributed by atoms with Crippen molar-refractivity contribution in [2.45, 2.75) is 354 Å². The minimum atomic E-state index is -4.98. The molecule has 100 heavy (non-hydrogen) atoms.